The molecule has 3 rings (SSSR count). The van der Waals surface area contributed by atoms with Crippen LogP contribution < -0.4 is 18.9 Å². The van der Waals surface area contributed by atoms with Gasteiger partial charge in [0.15, 0.2) is 23.0 Å². The van der Waals surface area contributed by atoms with Crippen LogP contribution in [0.25, 0.3) is 0 Å². The maximum atomic E-state index is 12.4. The van der Waals surface area contributed by atoms with Crippen LogP contribution in [0.1, 0.15) is 113 Å². The van der Waals surface area contributed by atoms with Gasteiger partial charge in [-0.05, 0) is 109 Å². The molecule has 2 aromatic carbocycles. The van der Waals surface area contributed by atoms with Gasteiger partial charge in [-0.15, -0.1) is 0 Å². The first-order chi connectivity index (χ1) is 32.3. The Balaban J connectivity index is 0.000000474. The molecule has 0 radical (unpaired) electrons. The number of ether oxygens (including phenoxy) is 7. The van der Waals surface area contributed by atoms with Crippen molar-refractivity contribution in [3.8, 4) is 23.0 Å². The molecule has 1 saturated heterocycles. The van der Waals surface area contributed by atoms with E-state index in [0.29, 0.717) is 74.4 Å². The van der Waals surface area contributed by atoms with Crippen LogP contribution in [0.3, 0.4) is 0 Å². The second-order valence-electron chi connectivity index (χ2n) is 18.4. The van der Waals surface area contributed by atoms with E-state index in [-0.39, 0.29) is 58.0 Å². The van der Waals surface area contributed by atoms with Gasteiger partial charge in [0, 0.05) is 60.3 Å². The highest BCUT2D eigenvalue weighted by atomic mass is 79.9. The fraction of sp³-hybridized carbons (Fsp3) is 0.692. The Morgan fingerprint density at radius 3 is 1.70 bits per heavy atom. The molecule has 358 valence electrons. The number of halogens is 1. The first kappa shape index (κ1) is 46.3. The summed E-state index contributed by atoms with van der Waals surface area (Å²) in [7, 11) is 1.78. The Morgan fingerprint density at radius 2 is 1.27 bits per heavy atom. The number of esters is 1. The number of amides is 1. The number of cyclic esters (lactones) is 1. The topological polar surface area (TPSA) is 102 Å². The molecule has 2 unspecified atom stereocenters. The van der Waals surface area contributed by atoms with Crippen molar-refractivity contribution in [3.63, 3.8) is 0 Å². The third kappa shape index (κ3) is 19.8. The lowest BCUT2D eigenvalue weighted by Crippen LogP contribution is -2.32. The summed E-state index contributed by atoms with van der Waals surface area (Å²) >= 11 is 3.80. The zero-order valence-electron chi connectivity index (χ0n) is 46.4. The Morgan fingerprint density at radius 1 is 0.762 bits per heavy atom. The lowest BCUT2D eigenvalue weighted by molar-refractivity contribution is -0.145. The molecule has 0 spiro atoms. The van der Waals surface area contributed by atoms with Gasteiger partial charge in [-0.3, -0.25) is 9.59 Å². The predicted molar refractivity (Wildman–Crippen MR) is 260 cm³/mol. The molecule has 0 bridgehead atoms. The molecule has 1 aliphatic rings. The van der Waals surface area contributed by atoms with Gasteiger partial charge in [-0.2, -0.15) is 0 Å². The van der Waals surface area contributed by atoms with Gasteiger partial charge in [0.25, 0.3) is 0 Å². The third-order valence-electron chi connectivity index (χ3n) is 12.0. The van der Waals surface area contributed by atoms with Gasteiger partial charge in [0.2, 0.25) is 5.91 Å². The van der Waals surface area contributed by atoms with E-state index in [1.54, 1.807) is 45.3 Å². The largest absolute Gasteiger partial charge is 0.493 e. The minimum atomic E-state index is -2.55. The van der Waals surface area contributed by atoms with Crippen LogP contribution in [0.15, 0.2) is 48.6 Å². The van der Waals surface area contributed by atoms with Crippen LogP contribution in [-0.2, 0) is 36.6 Å². The zero-order valence-corrected chi connectivity index (χ0v) is 42.0. The summed E-state index contributed by atoms with van der Waals surface area (Å²) in [5, 5.41) is 0. The van der Waals surface area contributed by atoms with E-state index in [4.69, 9.17) is 41.4 Å². The fourth-order valence-corrected chi connectivity index (χ4v) is 8.46. The summed E-state index contributed by atoms with van der Waals surface area (Å²) in [5.41, 5.74) is 2.11. The van der Waals surface area contributed by atoms with E-state index in [0.717, 1.165) is 49.7 Å². The lowest BCUT2D eigenvalue weighted by atomic mass is 9.83. The highest BCUT2D eigenvalue weighted by Gasteiger charge is 2.40. The minimum Gasteiger partial charge on any atom is -0.493 e. The van der Waals surface area contributed by atoms with Gasteiger partial charge in [0.1, 0.15) is 6.10 Å². The molecule has 1 fully saturated rings. The van der Waals surface area contributed by atoms with E-state index in [1.165, 1.54) is 0 Å². The van der Waals surface area contributed by atoms with Crippen molar-refractivity contribution in [2.45, 2.75) is 118 Å². The van der Waals surface area contributed by atoms with Crippen LogP contribution in [0.5, 0.6) is 23.0 Å². The number of hydrogen-bond acceptors (Lipinski definition) is 9. The minimum absolute atomic E-state index is 0.0117. The normalized spacial score (nSPS) is 18.9. The smallest absolute Gasteiger partial charge is 0.309 e. The number of carbonyl (C=O) groups excluding carboxylic acids is 2. The molecule has 1 aliphatic heterocycles. The first-order valence-corrected chi connectivity index (χ1v) is 23.8. The van der Waals surface area contributed by atoms with Crippen molar-refractivity contribution in [1.82, 2.24) is 4.90 Å². The number of benzene rings is 2. The molecule has 6 atom stereocenters. The molecular weight excluding hydrogens is 862 g/mol. The van der Waals surface area contributed by atoms with E-state index in [2.05, 4.69) is 83.5 Å². The number of hydrogen-bond donors (Lipinski definition) is 0. The van der Waals surface area contributed by atoms with Gasteiger partial charge in [-0.1, -0.05) is 95.6 Å². The monoisotopic (exact) mass is 952 g/mol. The first-order valence-electron chi connectivity index (χ1n) is 25.8. The molecule has 1 amide bonds. The Kier molecular flexibility index (Phi) is 22.0. The maximum absolute atomic E-state index is 12.4. The molecule has 0 N–H and O–H groups in total. The van der Waals surface area contributed by atoms with Crippen molar-refractivity contribution >= 4 is 27.8 Å². The van der Waals surface area contributed by atoms with E-state index in [1.807, 2.05) is 24.3 Å². The van der Waals surface area contributed by atoms with Gasteiger partial charge < -0.3 is 38.1 Å². The molecule has 11 heteroatoms. The Bertz CT molecular complexity index is 1840. The standard InChI is InChI=1S/C27H45NO4.C25H39BrO5/c1-20(2)23(12-9-10-13-24(21(3)4)27(29)28(5)6)18-22-14-15-25(31-8)26(19-22)32-17-11-16-30-7;1-16(2)19(14-21(26)23-15-20(17(3)4)25(27)31-23)12-18-8-9-22(29-6)24(13-18)30-11-7-10-28-5/h9-10,14-15,19-21,23-24H,11-13,16-18H2,1-8H3;8-9,13,16-17,19-21,23H,7,10-12,14-15H2,1-6H3/b10-9+;/t23-,24+;19-,20-,21?,23?/m10/s1/i8D3;6D3. The number of alkyl halides is 1. The average molecular weight is 953 g/mol. The Hall–Kier alpha value is -3.28. The van der Waals surface area contributed by atoms with Crippen LogP contribution in [0, 0.1) is 47.3 Å². The van der Waals surface area contributed by atoms with Crippen LogP contribution in [-0.4, -0.2) is 96.5 Å². The molecule has 0 saturated carbocycles. The lowest BCUT2D eigenvalue weighted by Gasteiger charge is -2.26. The van der Waals surface area contributed by atoms with Gasteiger partial charge in [0.05, 0.1) is 46.3 Å². The molecule has 63 heavy (non-hydrogen) atoms. The third-order valence-corrected chi connectivity index (χ3v) is 12.9. The fourth-order valence-electron chi connectivity index (χ4n) is 7.65. The predicted octanol–water partition coefficient (Wildman–Crippen LogP) is 11.3. The van der Waals surface area contributed by atoms with Crippen LogP contribution in [0.2, 0.25) is 0 Å². The maximum Gasteiger partial charge on any atom is 0.309 e. The highest BCUT2D eigenvalue weighted by Crippen LogP contribution is 2.37. The number of nitrogens with zero attached hydrogens (tertiary/aromatic N) is 1. The van der Waals surface area contributed by atoms with E-state index >= 15 is 0 Å². The summed E-state index contributed by atoms with van der Waals surface area (Å²) in [4.78, 5) is 26.4. The average Bonchev–Trinajstić information content (AvgIpc) is 3.65. The second-order valence-corrected chi connectivity index (χ2v) is 19.6. The summed E-state index contributed by atoms with van der Waals surface area (Å²) in [6.07, 6.45) is 10.5. The van der Waals surface area contributed by atoms with Crippen molar-refractivity contribution in [1.29, 1.82) is 0 Å². The number of carbonyl (C=O) groups is 2. The van der Waals surface area contributed by atoms with Crippen molar-refractivity contribution in [2.24, 2.45) is 47.3 Å². The molecule has 10 nitrogen and oxygen atoms in total. The quantitative estimate of drug-likeness (QED) is 0.0357. The highest BCUT2D eigenvalue weighted by molar-refractivity contribution is 9.09. The van der Waals surface area contributed by atoms with Crippen molar-refractivity contribution in [2.75, 3.05) is 68.8 Å². The van der Waals surface area contributed by atoms with E-state index < -0.39 is 14.1 Å². The summed E-state index contributed by atoms with van der Waals surface area (Å²) in [6.45, 7) is 19.0. The van der Waals surface area contributed by atoms with Gasteiger partial charge in [-0.25, -0.2) is 0 Å². The Labute approximate surface area is 399 Å². The number of methoxy groups -OCH3 is 4. The van der Waals surface area contributed by atoms with Crippen molar-refractivity contribution in [3.05, 3.63) is 59.7 Å². The van der Waals surface area contributed by atoms with Crippen molar-refractivity contribution < 1.29 is 51.0 Å². The molecular formula is C52H84BrNO9. The van der Waals surface area contributed by atoms with E-state index in [9.17, 15) is 9.59 Å². The number of allylic oxidation sites excluding steroid dienone is 2. The molecule has 1 heterocycles. The second kappa shape index (κ2) is 30.0. The summed E-state index contributed by atoms with van der Waals surface area (Å²) < 4.78 is 82.5. The summed E-state index contributed by atoms with van der Waals surface area (Å²) in [5.74, 6) is 3.46. The SMILES string of the molecule is [2H]C([2H])([2H])Oc1ccc(C[C@@H](C/C=C/C[C@H](C(=O)N(C)C)C(C)C)C(C)C)cc1OCCCOC.[2H]C([2H])([2H])Oc1ccc(C[C@@H](CC(Br)C2C[C@@H](C(C)C)C(=O)O2)C(C)C)cc1OCCCOC. The zero-order chi connectivity index (χ0) is 52.1. The molecule has 2 aromatic rings. The molecule has 0 aromatic heterocycles. The summed E-state index contributed by atoms with van der Waals surface area (Å²) in [6, 6.07) is 10.9. The van der Waals surface area contributed by atoms with Gasteiger partial charge >= 0.3 is 5.97 Å². The number of rotatable bonds is 28. The molecule has 0 aliphatic carbocycles. The van der Waals surface area contributed by atoms with Crippen LogP contribution in [0.4, 0.5) is 0 Å². The van der Waals surface area contributed by atoms with Crippen LogP contribution >= 0.6 is 15.9 Å².